The van der Waals surface area contributed by atoms with Gasteiger partial charge in [0.25, 0.3) is 0 Å². The molecule has 0 fully saturated rings. The van der Waals surface area contributed by atoms with Crippen LogP contribution in [0.1, 0.15) is 6.92 Å². The third-order valence-electron chi connectivity index (χ3n) is 0.129. The van der Waals surface area contributed by atoms with Gasteiger partial charge in [-0.25, -0.2) is 4.79 Å². The Morgan fingerprint density at radius 1 is 1.57 bits per heavy atom. The minimum Gasteiger partial charge on any atom is -0.301 e. The molecule has 0 unspecified atom stereocenters. The van der Waals surface area contributed by atoms with Gasteiger partial charge >= 0.3 is 5.97 Å². The summed E-state index contributed by atoms with van der Waals surface area (Å²) < 4.78 is 0. The van der Waals surface area contributed by atoms with Crippen LogP contribution >= 0.6 is 0 Å². The topological polar surface area (TPSA) is 46.5 Å². The molecular weight excluding hydrogens is 118 g/mol. The van der Waals surface area contributed by atoms with Gasteiger partial charge in [0.15, 0.2) is 0 Å². The molecule has 0 saturated heterocycles. The van der Waals surface area contributed by atoms with E-state index in [1.54, 1.807) is 0 Å². The predicted molar refractivity (Wildman–Crippen MR) is 25.9 cm³/mol. The van der Waals surface area contributed by atoms with Crippen molar-refractivity contribution in [3.05, 3.63) is 0 Å². The maximum atomic E-state index is 9.34. The van der Waals surface area contributed by atoms with Gasteiger partial charge in [-0.05, 0) is 0 Å². The zero-order valence-corrected chi connectivity index (χ0v) is 8.76. The van der Waals surface area contributed by atoms with E-state index >= 15 is 0 Å². The Balaban J connectivity index is -0.0000000800. The van der Waals surface area contributed by atoms with Crippen molar-refractivity contribution in [3.8, 4) is 0 Å². The first-order valence-corrected chi connectivity index (χ1v) is 1.09. The van der Waals surface area contributed by atoms with Crippen molar-refractivity contribution in [1.82, 2.24) is 0 Å². The zero-order valence-electron chi connectivity index (χ0n) is 4.76. The minimum atomic E-state index is -0.690. The van der Waals surface area contributed by atoms with Crippen LogP contribution in [0.15, 0.2) is 0 Å². The molecule has 0 spiro atoms. The molecule has 0 aromatic rings. The van der Waals surface area contributed by atoms with E-state index in [1.165, 1.54) is 0 Å². The van der Waals surface area contributed by atoms with Gasteiger partial charge in [0.1, 0.15) is 0 Å². The normalized spacial score (nSPS) is 4.86. The summed E-state index contributed by atoms with van der Waals surface area (Å²) in [5.41, 5.74) is 0. The molecule has 0 atom stereocenters. The van der Waals surface area contributed by atoms with Gasteiger partial charge < -0.3 is 4.89 Å². The quantitative estimate of drug-likeness (QED) is 0.261. The number of carbonyl (C=O) groups excluding carboxylic acids is 1. The molecule has 0 saturated carbocycles. The Morgan fingerprint density at radius 2 is 1.71 bits per heavy atom. The summed E-state index contributed by atoms with van der Waals surface area (Å²) in [6, 6.07) is 0. The average molecular weight is 122 g/mol. The summed E-state index contributed by atoms with van der Waals surface area (Å²) in [6.45, 7) is 1.11. The summed E-state index contributed by atoms with van der Waals surface area (Å²) in [5, 5.41) is 7.29. The van der Waals surface area contributed by atoms with Crippen LogP contribution in [0, 0.1) is 0 Å². The Labute approximate surface area is 85.9 Å². The molecule has 32 valence electrons. The van der Waals surface area contributed by atoms with Gasteiger partial charge in [-0.15, -0.1) is 0 Å². The molecule has 0 aromatic heterocycles. The van der Waals surface area contributed by atoms with Gasteiger partial charge in [-0.1, -0.05) is 0 Å². The Hall–Kier alpha value is 1.43. The largest absolute Gasteiger partial charge is 0.339 e. The van der Waals surface area contributed by atoms with Crippen LogP contribution in [0.4, 0.5) is 0 Å². The van der Waals surface area contributed by atoms with E-state index in [4.69, 9.17) is 5.26 Å². The molecule has 0 amide bonds. The first kappa shape index (κ1) is 15.8. The van der Waals surface area contributed by atoms with Crippen LogP contribution in [0.5, 0.6) is 0 Å². The fourth-order valence-corrected chi connectivity index (χ4v) is 0. The van der Waals surface area contributed by atoms with Crippen molar-refractivity contribution >= 4 is 65.1 Å². The zero-order chi connectivity index (χ0) is 4.28. The van der Waals surface area contributed by atoms with Crippen LogP contribution in [0.3, 0.4) is 0 Å². The molecule has 0 aliphatic heterocycles. The van der Waals surface area contributed by atoms with Crippen molar-refractivity contribution in [1.29, 1.82) is 0 Å². The van der Waals surface area contributed by atoms with Crippen molar-refractivity contribution in [2.45, 2.75) is 6.92 Å². The molecule has 3 nitrogen and oxygen atoms in total. The van der Waals surface area contributed by atoms with Crippen LogP contribution < -0.4 is 0 Å². The number of hydrogen-bond acceptors (Lipinski definition) is 3. The van der Waals surface area contributed by atoms with Crippen LogP contribution in [-0.2, 0) is 9.68 Å². The maximum Gasteiger partial charge on any atom is 0.339 e. The summed E-state index contributed by atoms with van der Waals surface area (Å²) in [5.74, 6) is -0.690. The summed E-state index contributed by atoms with van der Waals surface area (Å²) >= 11 is 0. The second-order valence-corrected chi connectivity index (χ2v) is 0.583. The van der Waals surface area contributed by atoms with Crippen LogP contribution in [0.25, 0.3) is 0 Å². The SMILES string of the molecule is CC(=O)OO.[Na].[Na]. The van der Waals surface area contributed by atoms with Crippen molar-refractivity contribution in [2.24, 2.45) is 0 Å². The molecule has 0 aliphatic carbocycles. The third kappa shape index (κ3) is 18.6. The van der Waals surface area contributed by atoms with Crippen LogP contribution in [-0.4, -0.2) is 70.3 Å². The van der Waals surface area contributed by atoms with Gasteiger partial charge in [0, 0.05) is 66.0 Å². The van der Waals surface area contributed by atoms with E-state index < -0.39 is 5.97 Å². The van der Waals surface area contributed by atoms with Gasteiger partial charge in [-0.2, -0.15) is 5.26 Å². The average Bonchev–Trinajstić information content (AvgIpc) is 1.38. The van der Waals surface area contributed by atoms with Crippen molar-refractivity contribution in [3.63, 3.8) is 0 Å². The van der Waals surface area contributed by atoms with Gasteiger partial charge in [0.05, 0.1) is 0 Å². The van der Waals surface area contributed by atoms with Crippen LogP contribution in [0.2, 0.25) is 0 Å². The molecule has 0 aliphatic rings. The second kappa shape index (κ2) is 10.4. The smallest absolute Gasteiger partial charge is 0.301 e. The third-order valence-corrected chi connectivity index (χ3v) is 0.129. The number of rotatable bonds is 0. The fourth-order valence-electron chi connectivity index (χ4n) is 0. The molecule has 0 bridgehead atoms. The van der Waals surface area contributed by atoms with E-state index in [0.29, 0.717) is 0 Å². The standard InChI is InChI=1S/C2H4O3.2Na/c1-2(3)5-4;;/h4H,1H3;;. The number of hydrogen-bond donors (Lipinski definition) is 1. The summed E-state index contributed by atoms with van der Waals surface area (Å²) in [7, 11) is 0. The first-order valence-electron chi connectivity index (χ1n) is 1.09. The molecule has 1 N–H and O–H groups in total. The summed E-state index contributed by atoms with van der Waals surface area (Å²) in [6.07, 6.45) is 0. The predicted octanol–water partition coefficient (Wildman–Crippen LogP) is -0.739. The molecule has 7 heavy (non-hydrogen) atoms. The number of carbonyl (C=O) groups is 1. The van der Waals surface area contributed by atoms with Crippen molar-refractivity contribution < 1.29 is 14.9 Å². The van der Waals surface area contributed by atoms with Gasteiger partial charge in [0.2, 0.25) is 0 Å². The molecular formula is C2H4Na2O3. The van der Waals surface area contributed by atoms with E-state index in [2.05, 4.69) is 4.89 Å². The molecule has 0 heterocycles. The molecule has 2 radical (unpaired) electrons. The first-order chi connectivity index (χ1) is 2.27. The molecule has 5 heteroatoms. The maximum absolute atomic E-state index is 9.34. The minimum absolute atomic E-state index is 0. The van der Waals surface area contributed by atoms with E-state index in [9.17, 15) is 4.79 Å². The molecule has 0 aromatic carbocycles. The second-order valence-electron chi connectivity index (χ2n) is 0.583. The van der Waals surface area contributed by atoms with Crippen molar-refractivity contribution in [2.75, 3.05) is 0 Å². The van der Waals surface area contributed by atoms with E-state index in [1.807, 2.05) is 0 Å². The monoisotopic (exact) mass is 122 g/mol. The Kier molecular flexibility index (Phi) is 23.5. The Bertz CT molecular complexity index is 46.2. The van der Waals surface area contributed by atoms with E-state index in [0.717, 1.165) is 6.92 Å². The van der Waals surface area contributed by atoms with E-state index in [-0.39, 0.29) is 59.1 Å². The van der Waals surface area contributed by atoms with Gasteiger partial charge in [-0.3, -0.25) is 0 Å². The fraction of sp³-hybridized carbons (Fsp3) is 0.500. The molecule has 0 rings (SSSR count). The summed E-state index contributed by atoms with van der Waals surface area (Å²) in [4.78, 5) is 12.5. The Morgan fingerprint density at radius 3 is 1.71 bits per heavy atom.